The van der Waals surface area contributed by atoms with E-state index in [9.17, 15) is 13.2 Å². The van der Waals surface area contributed by atoms with Gasteiger partial charge in [0.15, 0.2) is 5.13 Å². The monoisotopic (exact) mass is 530 g/mol. The number of thiazole rings is 1. The Labute approximate surface area is 217 Å². The number of rotatable bonds is 9. The second kappa shape index (κ2) is 11.2. The topological polar surface area (TPSA) is 83.0 Å². The molecule has 0 atom stereocenters. The van der Waals surface area contributed by atoms with Gasteiger partial charge in [-0.15, -0.1) is 0 Å². The number of hydrogen-bond donors (Lipinski definition) is 0. The van der Waals surface area contributed by atoms with Gasteiger partial charge in [-0.2, -0.15) is 4.31 Å². The second-order valence-electron chi connectivity index (χ2n) is 9.43. The van der Waals surface area contributed by atoms with Crippen LogP contribution in [0.2, 0.25) is 0 Å². The summed E-state index contributed by atoms with van der Waals surface area (Å²) in [6.45, 7) is 1.11. The first kappa shape index (κ1) is 26.5. The van der Waals surface area contributed by atoms with E-state index in [1.165, 1.54) is 27.8 Å². The van der Waals surface area contributed by atoms with Crippen molar-refractivity contribution in [1.82, 2.24) is 14.2 Å². The summed E-state index contributed by atoms with van der Waals surface area (Å²) in [6, 6.07) is 12.0. The van der Waals surface area contributed by atoms with E-state index >= 15 is 0 Å². The maximum Gasteiger partial charge on any atom is 0.260 e. The molecule has 0 unspecified atom stereocenters. The Hall–Kier alpha value is -2.53. The highest BCUT2D eigenvalue weighted by atomic mass is 32.2. The van der Waals surface area contributed by atoms with Crippen LogP contribution >= 0.6 is 11.3 Å². The van der Waals surface area contributed by atoms with Gasteiger partial charge in [0.25, 0.3) is 5.91 Å². The second-order valence-corrected chi connectivity index (χ2v) is 12.4. The maximum atomic E-state index is 13.6. The number of aromatic nitrogens is 1. The number of likely N-dealkylation sites (N-methyl/N-ethyl adjacent to an activating group) is 1. The minimum absolute atomic E-state index is 0.0317. The van der Waals surface area contributed by atoms with E-state index in [4.69, 9.17) is 9.72 Å². The molecule has 1 aliphatic rings. The molecule has 1 aliphatic carbocycles. The van der Waals surface area contributed by atoms with Crippen molar-refractivity contribution in [3.8, 4) is 5.75 Å². The summed E-state index contributed by atoms with van der Waals surface area (Å²) in [4.78, 5) is 22.2. The molecule has 0 N–H and O–H groups in total. The number of carbonyl (C=O) groups is 1. The lowest BCUT2D eigenvalue weighted by atomic mass is 9.96. The number of methoxy groups -OCH3 is 1. The molecule has 0 aliphatic heterocycles. The first-order valence-electron chi connectivity index (χ1n) is 12.2. The third-order valence-corrected chi connectivity index (χ3v) is 9.68. The van der Waals surface area contributed by atoms with Crippen molar-refractivity contribution in [3.05, 3.63) is 48.0 Å². The molecule has 1 aromatic heterocycles. The number of amides is 1. The van der Waals surface area contributed by atoms with E-state index in [1.54, 1.807) is 31.2 Å². The normalized spacial score (nSPS) is 15.1. The van der Waals surface area contributed by atoms with E-state index in [0.717, 1.165) is 42.3 Å². The number of anilines is 1. The molecule has 194 valence electrons. The molecule has 3 aromatic rings. The summed E-state index contributed by atoms with van der Waals surface area (Å²) in [5.74, 6) is 0.493. The Morgan fingerprint density at radius 3 is 2.36 bits per heavy atom. The van der Waals surface area contributed by atoms with E-state index in [-0.39, 0.29) is 16.8 Å². The fourth-order valence-electron chi connectivity index (χ4n) is 4.45. The average Bonchev–Trinajstić information content (AvgIpc) is 3.31. The molecule has 8 nitrogen and oxygen atoms in total. The van der Waals surface area contributed by atoms with E-state index in [2.05, 4.69) is 0 Å². The SMILES string of the molecule is COc1ccc2sc(N(CCN(C)C)C(=O)c3ccc(S(=O)(=O)N(C)C4CCCCC4)cc3)nc2c1. The van der Waals surface area contributed by atoms with Gasteiger partial charge in [-0.1, -0.05) is 30.6 Å². The first-order chi connectivity index (χ1) is 17.2. The fourth-order valence-corrected chi connectivity index (χ4v) is 6.84. The predicted molar refractivity (Wildman–Crippen MR) is 145 cm³/mol. The van der Waals surface area contributed by atoms with Crippen molar-refractivity contribution in [2.24, 2.45) is 0 Å². The zero-order valence-electron chi connectivity index (χ0n) is 21.3. The third kappa shape index (κ3) is 5.72. The first-order valence-corrected chi connectivity index (χ1v) is 14.5. The number of hydrogen-bond acceptors (Lipinski definition) is 7. The van der Waals surface area contributed by atoms with Gasteiger partial charge >= 0.3 is 0 Å². The number of nitrogens with zero attached hydrogens (tertiary/aromatic N) is 4. The van der Waals surface area contributed by atoms with Crippen LogP contribution in [0.1, 0.15) is 42.5 Å². The van der Waals surface area contributed by atoms with Crippen LogP contribution in [0.4, 0.5) is 5.13 Å². The molecular weight excluding hydrogens is 496 g/mol. The lowest BCUT2D eigenvalue weighted by Gasteiger charge is -2.30. The Balaban J connectivity index is 1.59. The summed E-state index contributed by atoms with van der Waals surface area (Å²) in [5, 5.41) is 0.596. The lowest BCUT2D eigenvalue weighted by Crippen LogP contribution is -2.38. The van der Waals surface area contributed by atoms with Gasteiger partial charge in [0.1, 0.15) is 5.75 Å². The molecule has 0 radical (unpaired) electrons. The molecule has 1 heterocycles. The number of ether oxygens (including phenoxy) is 1. The van der Waals surface area contributed by atoms with Gasteiger partial charge in [0, 0.05) is 37.8 Å². The number of fused-ring (bicyclic) bond motifs is 1. The Morgan fingerprint density at radius 1 is 1.03 bits per heavy atom. The average molecular weight is 531 g/mol. The molecule has 1 amide bonds. The van der Waals surface area contributed by atoms with E-state index in [1.807, 2.05) is 37.2 Å². The maximum absolute atomic E-state index is 13.6. The van der Waals surface area contributed by atoms with Gasteiger partial charge in [0.05, 0.1) is 22.2 Å². The Kier molecular flexibility index (Phi) is 8.29. The van der Waals surface area contributed by atoms with Crippen molar-refractivity contribution < 1.29 is 17.9 Å². The van der Waals surface area contributed by atoms with Crippen LogP contribution in [0, 0.1) is 0 Å². The molecule has 1 saturated carbocycles. The molecule has 10 heteroatoms. The largest absolute Gasteiger partial charge is 0.497 e. The van der Waals surface area contributed by atoms with Crippen molar-refractivity contribution in [3.63, 3.8) is 0 Å². The lowest BCUT2D eigenvalue weighted by molar-refractivity contribution is 0.0985. The van der Waals surface area contributed by atoms with E-state index < -0.39 is 10.0 Å². The molecule has 0 saturated heterocycles. The summed E-state index contributed by atoms with van der Waals surface area (Å²) >= 11 is 1.44. The predicted octanol–water partition coefficient (Wildman–Crippen LogP) is 4.47. The number of benzene rings is 2. The standard InChI is InChI=1S/C26H34N4O4S2/c1-28(2)16-17-30(26-27-23-18-21(34-4)12-15-24(23)35-26)25(31)19-10-13-22(14-11-19)36(32,33)29(3)20-8-6-5-7-9-20/h10-15,18,20H,5-9,16-17H2,1-4H3. The van der Waals surface area contributed by atoms with Crippen LogP contribution in [-0.4, -0.2) is 75.9 Å². The Morgan fingerprint density at radius 2 is 1.72 bits per heavy atom. The summed E-state index contributed by atoms with van der Waals surface area (Å²) in [7, 11) is 3.56. The highest BCUT2D eigenvalue weighted by Gasteiger charge is 2.29. The molecular formula is C26H34N4O4S2. The Bertz CT molecular complexity index is 1300. The van der Waals surface area contributed by atoms with Crippen molar-refractivity contribution in [2.75, 3.05) is 46.2 Å². The van der Waals surface area contributed by atoms with Crippen LogP contribution in [0.25, 0.3) is 10.2 Å². The fraction of sp³-hybridized carbons (Fsp3) is 0.462. The molecule has 2 aromatic carbocycles. The summed E-state index contributed by atoms with van der Waals surface area (Å²) in [6.07, 6.45) is 5.05. The van der Waals surface area contributed by atoms with Crippen LogP contribution in [0.5, 0.6) is 5.75 Å². The third-order valence-electron chi connectivity index (χ3n) is 6.70. The van der Waals surface area contributed by atoms with Crippen LogP contribution in [-0.2, 0) is 10.0 Å². The summed E-state index contributed by atoms with van der Waals surface area (Å²) in [5.41, 5.74) is 1.19. The highest BCUT2D eigenvalue weighted by Crippen LogP contribution is 2.32. The minimum atomic E-state index is -3.62. The zero-order chi connectivity index (χ0) is 25.9. The summed E-state index contributed by atoms with van der Waals surface area (Å²) < 4.78 is 34.2. The van der Waals surface area contributed by atoms with Gasteiger partial charge in [-0.3, -0.25) is 9.69 Å². The zero-order valence-corrected chi connectivity index (χ0v) is 22.9. The van der Waals surface area contributed by atoms with Crippen molar-refractivity contribution in [2.45, 2.75) is 43.0 Å². The number of carbonyl (C=O) groups excluding carboxylic acids is 1. The van der Waals surface area contributed by atoms with Gasteiger partial charge in [-0.05, 0) is 63.3 Å². The molecule has 0 spiro atoms. The molecule has 0 bridgehead atoms. The van der Waals surface area contributed by atoms with Gasteiger partial charge in [0.2, 0.25) is 10.0 Å². The van der Waals surface area contributed by atoms with Crippen molar-refractivity contribution in [1.29, 1.82) is 0 Å². The van der Waals surface area contributed by atoms with Crippen LogP contribution in [0.15, 0.2) is 47.4 Å². The molecule has 4 rings (SSSR count). The van der Waals surface area contributed by atoms with Crippen molar-refractivity contribution >= 4 is 42.6 Å². The molecule has 36 heavy (non-hydrogen) atoms. The smallest absolute Gasteiger partial charge is 0.260 e. The highest BCUT2D eigenvalue weighted by molar-refractivity contribution is 7.89. The van der Waals surface area contributed by atoms with Gasteiger partial charge in [-0.25, -0.2) is 13.4 Å². The van der Waals surface area contributed by atoms with Gasteiger partial charge < -0.3 is 9.64 Å². The van der Waals surface area contributed by atoms with Crippen LogP contribution < -0.4 is 9.64 Å². The number of sulfonamides is 1. The minimum Gasteiger partial charge on any atom is -0.497 e. The quantitative estimate of drug-likeness (QED) is 0.406. The van der Waals surface area contributed by atoms with E-state index in [0.29, 0.717) is 29.5 Å². The molecule has 1 fully saturated rings. The van der Waals surface area contributed by atoms with Crippen LogP contribution in [0.3, 0.4) is 0 Å².